The first-order valence-electron chi connectivity index (χ1n) is 7.04. The lowest BCUT2D eigenvalue weighted by Gasteiger charge is -2.03. The van der Waals surface area contributed by atoms with Gasteiger partial charge in [-0.25, -0.2) is 9.48 Å². The summed E-state index contributed by atoms with van der Waals surface area (Å²) in [6.45, 7) is 3.99. The highest BCUT2D eigenvalue weighted by atomic mass is 16.5. The van der Waals surface area contributed by atoms with Crippen LogP contribution in [0.4, 0.5) is 0 Å². The molecule has 0 spiro atoms. The van der Waals surface area contributed by atoms with Crippen LogP contribution in [-0.2, 0) is 4.74 Å². The van der Waals surface area contributed by atoms with Crippen LogP contribution in [0.3, 0.4) is 0 Å². The van der Waals surface area contributed by atoms with Gasteiger partial charge < -0.3 is 4.74 Å². The second-order valence-electron chi connectivity index (χ2n) is 4.82. The van der Waals surface area contributed by atoms with Gasteiger partial charge in [-0.1, -0.05) is 30.3 Å². The van der Waals surface area contributed by atoms with E-state index in [4.69, 9.17) is 4.74 Å². The molecule has 2 heterocycles. The quantitative estimate of drug-likeness (QED) is 0.751. The van der Waals surface area contributed by atoms with Gasteiger partial charge in [-0.05, 0) is 19.9 Å². The van der Waals surface area contributed by atoms with Gasteiger partial charge >= 0.3 is 5.97 Å². The van der Waals surface area contributed by atoms with Gasteiger partial charge in [-0.2, -0.15) is 10.2 Å². The first-order chi connectivity index (χ1) is 10.7. The predicted octanol–water partition coefficient (Wildman–Crippen LogP) is 2.75. The summed E-state index contributed by atoms with van der Waals surface area (Å²) in [4.78, 5) is 12.0. The number of H-pyrrole nitrogens is 1. The third-order valence-corrected chi connectivity index (χ3v) is 3.17. The maximum absolute atomic E-state index is 12.0. The van der Waals surface area contributed by atoms with Crippen molar-refractivity contribution in [3.05, 3.63) is 53.9 Å². The Balaban J connectivity index is 2.12. The summed E-state index contributed by atoms with van der Waals surface area (Å²) in [5.41, 5.74) is 2.92. The number of benzene rings is 1. The van der Waals surface area contributed by atoms with Crippen molar-refractivity contribution in [3.8, 4) is 17.1 Å². The van der Waals surface area contributed by atoms with Crippen molar-refractivity contribution in [3.63, 3.8) is 0 Å². The number of nitrogens with zero attached hydrogens (tertiary/aromatic N) is 3. The average Bonchev–Trinajstić information content (AvgIpc) is 3.14. The van der Waals surface area contributed by atoms with Crippen molar-refractivity contribution in [2.24, 2.45) is 0 Å². The molecular formula is C16H16N4O2. The van der Waals surface area contributed by atoms with E-state index in [1.54, 1.807) is 17.7 Å². The van der Waals surface area contributed by atoms with Crippen LogP contribution >= 0.6 is 0 Å². The van der Waals surface area contributed by atoms with Gasteiger partial charge in [-0.3, -0.25) is 5.10 Å². The SMILES string of the molecule is CCOC(=O)c1cc(-c2ccccc2)n(-c2cc(C)[nH]n2)n1. The molecule has 3 aromatic rings. The molecule has 2 aromatic heterocycles. The first kappa shape index (κ1) is 14.1. The Morgan fingerprint density at radius 1 is 1.27 bits per heavy atom. The van der Waals surface area contributed by atoms with Gasteiger partial charge in [0.05, 0.1) is 12.3 Å². The van der Waals surface area contributed by atoms with E-state index < -0.39 is 5.97 Å². The van der Waals surface area contributed by atoms with Crippen LogP contribution in [0, 0.1) is 6.92 Å². The number of hydrogen-bond acceptors (Lipinski definition) is 4. The minimum Gasteiger partial charge on any atom is -0.461 e. The molecule has 1 aromatic carbocycles. The fraction of sp³-hybridized carbons (Fsp3) is 0.188. The molecule has 0 saturated heterocycles. The topological polar surface area (TPSA) is 72.8 Å². The van der Waals surface area contributed by atoms with Crippen LogP contribution in [-0.4, -0.2) is 32.6 Å². The number of carbonyl (C=O) groups is 1. The maximum Gasteiger partial charge on any atom is 0.358 e. The van der Waals surface area contributed by atoms with E-state index >= 15 is 0 Å². The van der Waals surface area contributed by atoms with E-state index in [1.165, 1.54) is 0 Å². The van der Waals surface area contributed by atoms with Gasteiger partial charge in [0.2, 0.25) is 0 Å². The van der Waals surface area contributed by atoms with Crippen molar-refractivity contribution >= 4 is 5.97 Å². The summed E-state index contributed by atoms with van der Waals surface area (Å²) in [7, 11) is 0. The lowest BCUT2D eigenvalue weighted by Crippen LogP contribution is -2.07. The van der Waals surface area contributed by atoms with E-state index in [0.29, 0.717) is 12.4 Å². The van der Waals surface area contributed by atoms with Gasteiger partial charge in [0.15, 0.2) is 11.5 Å². The fourth-order valence-corrected chi connectivity index (χ4v) is 2.19. The largest absolute Gasteiger partial charge is 0.461 e. The smallest absolute Gasteiger partial charge is 0.358 e. The number of aryl methyl sites for hydroxylation is 1. The molecule has 3 rings (SSSR count). The van der Waals surface area contributed by atoms with E-state index in [0.717, 1.165) is 17.0 Å². The number of rotatable bonds is 4. The Morgan fingerprint density at radius 2 is 2.05 bits per heavy atom. The molecule has 0 saturated carbocycles. The molecule has 1 N–H and O–H groups in total. The highest BCUT2D eigenvalue weighted by molar-refractivity contribution is 5.89. The van der Waals surface area contributed by atoms with Crippen LogP contribution in [0.2, 0.25) is 0 Å². The molecule has 6 nitrogen and oxygen atoms in total. The van der Waals surface area contributed by atoms with Gasteiger partial charge in [-0.15, -0.1) is 0 Å². The van der Waals surface area contributed by atoms with E-state index in [-0.39, 0.29) is 5.69 Å². The van der Waals surface area contributed by atoms with Crippen LogP contribution in [0.25, 0.3) is 17.1 Å². The third-order valence-electron chi connectivity index (χ3n) is 3.17. The Hall–Kier alpha value is -2.89. The standard InChI is InChI=1S/C16H16N4O2/c1-3-22-16(21)13-10-14(12-7-5-4-6-8-12)20(19-13)15-9-11(2)17-18-15/h4-10H,3H2,1-2H3,(H,17,18). The highest BCUT2D eigenvalue weighted by Gasteiger charge is 2.18. The predicted molar refractivity (Wildman–Crippen MR) is 81.8 cm³/mol. The molecule has 22 heavy (non-hydrogen) atoms. The molecule has 0 fully saturated rings. The van der Waals surface area contributed by atoms with Crippen LogP contribution in [0.1, 0.15) is 23.1 Å². The Bertz CT molecular complexity index is 790. The first-order valence-corrected chi connectivity index (χ1v) is 7.04. The zero-order chi connectivity index (χ0) is 15.5. The lowest BCUT2D eigenvalue weighted by molar-refractivity contribution is 0.0519. The molecule has 6 heteroatoms. The number of ether oxygens (including phenoxy) is 1. The van der Waals surface area contributed by atoms with E-state index in [9.17, 15) is 4.79 Å². The van der Waals surface area contributed by atoms with E-state index in [1.807, 2.05) is 43.3 Å². The number of aromatic amines is 1. The van der Waals surface area contributed by atoms with Crippen molar-refractivity contribution in [2.45, 2.75) is 13.8 Å². The molecule has 0 atom stereocenters. The normalized spacial score (nSPS) is 10.6. The maximum atomic E-state index is 12.0. The number of nitrogens with one attached hydrogen (secondary N) is 1. The van der Waals surface area contributed by atoms with Crippen molar-refractivity contribution in [1.29, 1.82) is 0 Å². The minimum atomic E-state index is -0.439. The number of aromatic nitrogens is 4. The summed E-state index contributed by atoms with van der Waals surface area (Å²) in [5.74, 6) is 0.192. The molecule has 0 aliphatic heterocycles. The Labute approximate surface area is 127 Å². The molecule has 0 bridgehead atoms. The number of carbonyl (C=O) groups excluding carboxylic acids is 1. The molecule has 0 radical (unpaired) electrons. The molecular weight excluding hydrogens is 280 g/mol. The lowest BCUT2D eigenvalue weighted by atomic mass is 10.1. The monoisotopic (exact) mass is 296 g/mol. The Kier molecular flexibility index (Phi) is 3.74. The van der Waals surface area contributed by atoms with Crippen LogP contribution in [0.5, 0.6) is 0 Å². The van der Waals surface area contributed by atoms with Crippen molar-refractivity contribution in [2.75, 3.05) is 6.61 Å². The summed E-state index contributed by atoms with van der Waals surface area (Å²) < 4.78 is 6.67. The zero-order valence-electron chi connectivity index (χ0n) is 12.4. The van der Waals surface area contributed by atoms with Gasteiger partial charge in [0.25, 0.3) is 0 Å². The minimum absolute atomic E-state index is 0.265. The van der Waals surface area contributed by atoms with Crippen LogP contribution < -0.4 is 0 Å². The Morgan fingerprint density at radius 3 is 2.68 bits per heavy atom. The second kappa shape index (κ2) is 5.85. The fourth-order valence-electron chi connectivity index (χ4n) is 2.19. The zero-order valence-corrected chi connectivity index (χ0v) is 12.4. The molecule has 0 amide bonds. The van der Waals surface area contributed by atoms with Crippen LogP contribution in [0.15, 0.2) is 42.5 Å². The van der Waals surface area contributed by atoms with Crippen molar-refractivity contribution in [1.82, 2.24) is 20.0 Å². The van der Waals surface area contributed by atoms with E-state index in [2.05, 4.69) is 15.3 Å². The molecule has 0 unspecified atom stereocenters. The highest BCUT2D eigenvalue weighted by Crippen LogP contribution is 2.23. The summed E-state index contributed by atoms with van der Waals surface area (Å²) in [5, 5.41) is 11.4. The number of esters is 1. The van der Waals surface area contributed by atoms with Crippen molar-refractivity contribution < 1.29 is 9.53 Å². The number of hydrogen-bond donors (Lipinski definition) is 1. The third kappa shape index (κ3) is 2.63. The van der Waals surface area contributed by atoms with Gasteiger partial charge in [0.1, 0.15) is 0 Å². The average molecular weight is 296 g/mol. The second-order valence-corrected chi connectivity index (χ2v) is 4.82. The molecule has 112 valence electrons. The summed E-state index contributed by atoms with van der Waals surface area (Å²) >= 11 is 0. The summed E-state index contributed by atoms with van der Waals surface area (Å²) in [6.07, 6.45) is 0. The molecule has 0 aliphatic rings. The summed E-state index contributed by atoms with van der Waals surface area (Å²) in [6, 6.07) is 13.3. The van der Waals surface area contributed by atoms with Gasteiger partial charge in [0, 0.05) is 17.3 Å². The molecule has 0 aliphatic carbocycles.